The molecule has 0 saturated heterocycles. The molecule has 1 atom stereocenters. The third-order valence-electron chi connectivity index (χ3n) is 2.63. The zero-order valence-corrected chi connectivity index (χ0v) is 13.2. The van der Waals surface area contributed by atoms with E-state index < -0.39 is 15.4 Å². The largest absolute Gasteiger partial charge is 0.300 e. The Morgan fingerprint density at radius 2 is 2.00 bits per heavy atom. The molecule has 0 aliphatic rings. The fourth-order valence-electron chi connectivity index (χ4n) is 1.57. The highest BCUT2D eigenvalue weighted by Crippen LogP contribution is 2.14. The molecule has 0 heterocycles. The standard InChI is InChI=1S/C12H24N2O2S2/c1-4-14-12(2,11-13)7-5-6-8-17-9-10-18(3,15)16/h14H,4-10H2,1-3H3. The Hall–Kier alpha value is -0.250. The molecule has 0 amide bonds. The van der Waals surface area contributed by atoms with Gasteiger partial charge in [0.15, 0.2) is 0 Å². The number of nitriles is 1. The first kappa shape index (κ1) is 17.8. The summed E-state index contributed by atoms with van der Waals surface area (Å²) in [7, 11) is -2.83. The second-order valence-corrected chi connectivity index (χ2v) is 8.16. The quantitative estimate of drug-likeness (QED) is 0.622. The highest BCUT2D eigenvalue weighted by atomic mass is 32.2. The van der Waals surface area contributed by atoms with Crippen molar-refractivity contribution in [2.75, 3.05) is 30.1 Å². The fourth-order valence-corrected chi connectivity index (χ4v) is 3.86. The minimum absolute atomic E-state index is 0.255. The summed E-state index contributed by atoms with van der Waals surface area (Å²) < 4.78 is 21.8. The Balaban J connectivity index is 3.60. The van der Waals surface area contributed by atoms with Gasteiger partial charge >= 0.3 is 0 Å². The van der Waals surface area contributed by atoms with Crippen LogP contribution in [-0.2, 0) is 9.84 Å². The second-order valence-electron chi connectivity index (χ2n) is 4.67. The van der Waals surface area contributed by atoms with Gasteiger partial charge in [0.05, 0.1) is 11.8 Å². The van der Waals surface area contributed by atoms with Gasteiger partial charge in [0.1, 0.15) is 15.4 Å². The Kier molecular flexibility index (Phi) is 8.66. The number of nitrogens with one attached hydrogen (secondary N) is 1. The first-order valence-electron chi connectivity index (χ1n) is 6.25. The second kappa shape index (κ2) is 8.78. The van der Waals surface area contributed by atoms with Crippen molar-refractivity contribution in [2.24, 2.45) is 0 Å². The van der Waals surface area contributed by atoms with E-state index in [0.29, 0.717) is 5.75 Å². The Labute approximate surface area is 115 Å². The summed E-state index contributed by atoms with van der Waals surface area (Å²) in [5.74, 6) is 1.88. The average Bonchev–Trinajstić information content (AvgIpc) is 2.27. The zero-order valence-electron chi connectivity index (χ0n) is 11.5. The smallest absolute Gasteiger partial charge is 0.148 e. The van der Waals surface area contributed by atoms with Crippen LogP contribution in [0.3, 0.4) is 0 Å². The molecule has 0 aliphatic heterocycles. The van der Waals surface area contributed by atoms with Gasteiger partial charge in [-0.05, 0) is 38.5 Å². The molecule has 0 aromatic heterocycles. The number of nitrogens with zero attached hydrogens (tertiary/aromatic N) is 1. The average molecular weight is 292 g/mol. The highest BCUT2D eigenvalue weighted by molar-refractivity contribution is 8.00. The van der Waals surface area contributed by atoms with Gasteiger partial charge in [0.2, 0.25) is 0 Å². The molecular formula is C12H24N2O2S2. The van der Waals surface area contributed by atoms with E-state index >= 15 is 0 Å². The fraction of sp³-hybridized carbons (Fsp3) is 0.917. The first-order valence-corrected chi connectivity index (χ1v) is 9.46. The van der Waals surface area contributed by atoms with E-state index in [1.807, 2.05) is 13.8 Å². The minimum Gasteiger partial charge on any atom is -0.300 e. The minimum atomic E-state index is -2.83. The molecule has 0 fully saturated rings. The summed E-state index contributed by atoms with van der Waals surface area (Å²) in [6.45, 7) is 4.72. The molecule has 0 spiro atoms. The number of unbranched alkanes of at least 4 members (excludes halogenated alkanes) is 1. The van der Waals surface area contributed by atoms with Crippen LogP contribution in [0.4, 0.5) is 0 Å². The number of thioether (sulfide) groups is 1. The summed E-state index contributed by atoms with van der Waals surface area (Å²) in [6.07, 6.45) is 4.12. The first-order chi connectivity index (χ1) is 8.33. The van der Waals surface area contributed by atoms with E-state index in [4.69, 9.17) is 5.26 Å². The van der Waals surface area contributed by atoms with Crippen molar-refractivity contribution in [3.63, 3.8) is 0 Å². The summed E-state index contributed by atoms with van der Waals surface area (Å²) in [5.41, 5.74) is -0.424. The molecule has 0 rings (SSSR count). The van der Waals surface area contributed by atoms with Crippen LogP contribution < -0.4 is 5.32 Å². The monoisotopic (exact) mass is 292 g/mol. The van der Waals surface area contributed by atoms with Crippen molar-refractivity contribution in [1.82, 2.24) is 5.32 Å². The molecule has 6 heteroatoms. The van der Waals surface area contributed by atoms with Gasteiger partial charge in [-0.1, -0.05) is 6.92 Å². The van der Waals surface area contributed by atoms with E-state index in [1.54, 1.807) is 11.8 Å². The van der Waals surface area contributed by atoms with Crippen molar-refractivity contribution >= 4 is 21.6 Å². The summed E-state index contributed by atoms with van der Waals surface area (Å²) in [6, 6.07) is 2.30. The molecule has 4 nitrogen and oxygen atoms in total. The van der Waals surface area contributed by atoms with Gasteiger partial charge in [-0.2, -0.15) is 17.0 Å². The van der Waals surface area contributed by atoms with Gasteiger partial charge in [0.25, 0.3) is 0 Å². The lowest BCUT2D eigenvalue weighted by atomic mass is 9.97. The number of hydrogen-bond donors (Lipinski definition) is 1. The van der Waals surface area contributed by atoms with Crippen LogP contribution in [0.1, 0.15) is 33.1 Å². The third-order valence-corrected chi connectivity index (χ3v) is 4.90. The molecule has 0 radical (unpaired) electrons. The molecular weight excluding hydrogens is 268 g/mol. The lowest BCUT2D eigenvalue weighted by Crippen LogP contribution is -2.40. The van der Waals surface area contributed by atoms with Crippen LogP contribution in [-0.4, -0.2) is 44.0 Å². The van der Waals surface area contributed by atoms with Crippen molar-refractivity contribution in [3.05, 3.63) is 0 Å². The Morgan fingerprint density at radius 1 is 1.33 bits per heavy atom. The number of hydrogen-bond acceptors (Lipinski definition) is 5. The molecule has 1 unspecified atom stereocenters. The predicted octanol–water partition coefficient (Wildman–Crippen LogP) is 1.83. The predicted molar refractivity (Wildman–Crippen MR) is 78.6 cm³/mol. The van der Waals surface area contributed by atoms with Crippen molar-refractivity contribution in [2.45, 2.75) is 38.6 Å². The van der Waals surface area contributed by atoms with E-state index in [0.717, 1.165) is 31.6 Å². The Morgan fingerprint density at radius 3 is 2.50 bits per heavy atom. The lowest BCUT2D eigenvalue weighted by molar-refractivity contribution is 0.415. The maximum atomic E-state index is 10.9. The van der Waals surface area contributed by atoms with Crippen LogP contribution in [0.5, 0.6) is 0 Å². The Bertz CT molecular complexity index is 363. The van der Waals surface area contributed by atoms with Crippen LogP contribution in [0, 0.1) is 11.3 Å². The van der Waals surface area contributed by atoms with Crippen molar-refractivity contribution in [3.8, 4) is 6.07 Å². The molecule has 0 aliphatic carbocycles. The highest BCUT2D eigenvalue weighted by Gasteiger charge is 2.20. The SMILES string of the molecule is CCNC(C)(C#N)CCCCSCCS(C)(=O)=O. The number of rotatable bonds is 10. The molecule has 18 heavy (non-hydrogen) atoms. The van der Waals surface area contributed by atoms with Crippen molar-refractivity contribution < 1.29 is 8.42 Å². The molecule has 0 aromatic rings. The summed E-state index contributed by atoms with van der Waals surface area (Å²) >= 11 is 1.67. The van der Waals surface area contributed by atoms with Gasteiger partial charge < -0.3 is 0 Å². The van der Waals surface area contributed by atoms with Crippen LogP contribution in [0.25, 0.3) is 0 Å². The van der Waals surface area contributed by atoms with E-state index in [2.05, 4.69) is 11.4 Å². The van der Waals surface area contributed by atoms with E-state index in [9.17, 15) is 8.42 Å². The van der Waals surface area contributed by atoms with Gasteiger partial charge in [-0.3, -0.25) is 5.32 Å². The summed E-state index contributed by atoms with van der Waals surface area (Å²) in [5, 5.41) is 12.2. The normalized spacial score (nSPS) is 15.0. The maximum absolute atomic E-state index is 10.9. The molecule has 1 N–H and O–H groups in total. The van der Waals surface area contributed by atoms with Gasteiger partial charge in [-0.15, -0.1) is 0 Å². The zero-order chi connectivity index (χ0) is 14.1. The van der Waals surface area contributed by atoms with Crippen LogP contribution in [0.15, 0.2) is 0 Å². The van der Waals surface area contributed by atoms with Crippen LogP contribution >= 0.6 is 11.8 Å². The maximum Gasteiger partial charge on any atom is 0.148 e. The topological polar surface area (TPSA) is 70.0 Å². The molecule has 0 saturated carbocycles. The third kappa shape index (κ3) is 9.75. The molecule has 106 valence electrons. The van der Waals surface area contributed by atoms with Gasteiger partial charge in [0, 0.05) is 12.0 Å². The number of sulfone groups is 1. The summed E-state index contributed by atoms with van der Waals surface area (Å²) in [4.78, 5) is 0. The van der Waals surface area contributed by atoms with Gasteiger partial charge in [-0.25, -0.2) is 8.42 Å². The van der Waals surface area contributed by atoms with E-state index in [1.165, 1.54) is 6.26 Å². The van der Waals surface area contributed by atoms with E-state index in [-0.39, 0.29) is 5.75 Å². The van der Waals surface area contributed by atoms with Crippen molar-refractivity contribution in [1.29, 1.82) is 5.26 Å². The lowest BCUT2D eigenvalue weighted by Gasteiger charge is -2.22. The molecule has 0 bridgehead atoms. The molecule has 0 aromatic carbocycles. The van der Waals surface area contributed by atoms with Crippen LogP contribution in [0.2, 0.25) is 0 Å².